The summed E-state index contributed by atoms with van der Waals surface area (Å²) in [6, 6.07) is 13.6. The molecule has 0 saturated carbocycles. The molecule has 0 radical (unpaired) electrons. The lowest BCUT2D eigenvalue weighted by Crippen LogP contribution is -2.44. The zero-order valence-electron chi connectivity index (χ0n) is 19.8. The molecule has 1 saturated heterocycles. The Morgan fingerprint density at radius 1 is 1.06 bits per heavy atom. The summed E-state index contributed by atoms with van der Waals surface area (Å²) in [6.45, 7) is 3.66. The Labute approximate surface area is 211 Å². The Bertz CT molecular complexity index is 1440. The van der Waals surface area contributed by atoms with Gasteiger partial charge in [-0.25, -0.2) is 4.98 Å². The Kier molecular flexibility index (Phi) is 5.53. The van der Waals surface area contributed by atoms with Gasteiger partial charge in [-0.1, -0.05) is 36.0 Å². The van der Waals surface area contributed by atoms with Crippen molar-refractivity contribution in [3.05, 3.63) is 83.4 Å². The fraction of sp³-hybridized carbons (Fsp3) is 0.333. The molecule has 0 amide bonds. The van der Waals surface area contributed by atoms with Gasteiger partial charge in [0.05, 0.1) is 4.90 Å². The Balaban J connectivity index is 1.29. The molecule has 5 nitrogen and oxygen atoms in total. The minimum absolute atomic E-state index is 0.0481. The minimum Gasteiger partial charge on any atom is -0.358 e. The number of halogens is 3. The van der Waals surface area contributed by atoms with Crippen LogP contribution >= 0.6 is 11.8 Å². The zero-order chi connectivity index (χ0) is 25.1. The summed E-state index contributed by atoms with van der Waals surface area (Å²) in [5.74, 6) is 1.01. The summed E-state index contributed by atoms with van der Waals surface area (Å²) in [7, 11) is 0. The lowest BCUT2D eigenvalue weighted by atomic mass is 9.73. The topological polar surface area (TPSA) is 59.5 Å². The van der Waals surface area contributed by atoms with Crippen molar-refractivity contribution in [2.75, 3.05) is 18.0 Å². The first kappa shape index (κ1) is 23.4. The van der Waals surface area contributed by atoms with Gasteiger partial charge in [-0.15, -0.1) is 0 Å². The molecule has 1 spiro atoms. The van der Waals surface area contributed by atoms with E-state index in [9.17, 15) is 13.2 Å². The van der Waals surface area contributed by atoms with E-state index in [1.54, 1.807) is 6.20 Å². The van der Waals surface area contributed by atoms with Gasteiger partial charge in [-0.3, -0.25) is 9.38 Å². The van der Waals surface area contributed by atoms with Gasteiger partial charge in [0.25, 0.3) is 0 Å². The zero-order valence-corrected chi connectivity index (χ0v) is 20.6. The standard InChI is InChI=1S/C27H26F3N5S/c1-17-15-21(34-12-8-26(9-13-34)16-18-5-2-3-6-19(18)23(26)31)35-14-11-33-25(35)22(17)36-20-7-4-10-32-24(20)27(28,29)30/h2-7,10-11,14-15,23H,8-9,12-13,16,31H2,1H3/t23-/m1/s1. The van der Waals surface area contributed by atoms with E-state index < -0.39 is 11.9 Å². The first-order valence-electron chi connectivity index (χ1n) is 12.0. The maximum absolute atomic E-state index is 13.5. The summed E-state index contributed by atoms with van der Waals surface area (Å²) in [4.78, 5) is 11.2. The van der Waals surface area contributed by atoms with Crippen LogP contribution in [0.5, 0.6) is 0 Å². The average molecular weight is 510 g/mol. The van der Waals surface area contributed by atoms with E-state index in [1.807, 2.05) is 17.5 Å². The fourth-order valence-corrected chi connectivity index (χ4v) is 6.91. The van der Waals surface area contributed by atoms with Crippen molar-refractivity contribution in [1.29, 1.82) is 0 Å². The van der Waals surface area contributed by atoms with Gasteiger partial charge in [-0.2, -0.15) is 13.2 Å². The number of hydrogen-bond acceptors (Lipinski definition) is 5. The van der Waals surface area contributed by atoms with Crippen LogP contribution in [0.3, 0.4) is 0 Å². The number of nitrogens with zero attached hydrogens (tertiary/aromatic N) is 4. The summed E-state index contributed by atoms with van der Waals surface area (Å²) in [6.07, 6.45) is 3.21. The molecule has 1 aromatic carbocycles. The number of pyridine rings is 2. The predicted octanol–water partition coefficient (Wildman–Crippen LogP) is 6.05. The summed E-state index contributed by atoms with van der Waals surface area (Å²) in [5.41, 5.74) is 10.1. The van der Waals surface area contributed by atoms with Crippen molar-refractivity contribution < 1.29 is 13.2 Å². The number of fused-ring (bicyclic) bond motifs is 2. The largest absolute Gasteiger partial charge is 0.434 e. The monoisotopic (exact) mass is 509 g/mol. The van der Waals surface area contributed by atoms with Crippen molar-refractivity contribution in [1.82, 2.24) is 14.4 Å². The van der Waals surface area contributed by atoms with Crippen LogP contribution in [0.25, 0.3) is 5.65 Å². The Hall–Kier alpha value is -3.04. The highest BCUT2D eigenvalue weighted by Gasteiger charge is 2.46. The van der Waals surface area contributed by atoms with Crippen LogP contribution in [-0.4, -0.2) is 27.5 Å². The number of aromatic nitrogens is 3. The van der Waals surface area contributed by atoms with E-state index in [0.29, 0.717) is 10.5 Å². The number of nitrogens with two attached hydrogens (primary N) is 1. The third-order valence-electron chi connectivity index (χ3n) is 7.72. The highest BCUT2D eigenvalue weighted by molar-refractivity contribution is 7.99. The quantitative estimate of drug-likeness (QED) is 0.364. The van der Waals surface area contributed by atoms with Gasteiger partial charge in [0.2, 0.25) is 0 Å². The predicted molar refractivity (Wildman–Crippen MR) is 134 cm³/mol. The van der Waals surface area contributed by atoms with E-state index in [2.05, 4.69) is 45.2 Å². The molecule has 3 aromatic heterocycles. The molecule has 186 valence electrons. The number of piperidine rings is 1. The molecule has 36 heavy (non-hydrogen) atoms. The van der Waals surface area contributed by atoms with Crippen LogP contribution in [-0.2, 0) is 12.6 Å². The van der Waals surface area contributed by atoms with Gasteiger partial charge in [0.1, 0.15) is 5.82 Å². The normalized spacial score (nSPS) is 19.2. The lowest BCUT2D eigenvalue weighted by molar-refractivity contribution is -0.143. The lowest BCUT2D eigenvalue weighted by Gasteiger charge is -2.43. The molecule has 6 rings (SSSR count). The molecule has 0 unspecified atom stereocenters. The smallest absolute Gasteiger partial charge is 0.358 e. The molecule has 1 fully saturated rings. The maximum atomic E-state index is 13.5. The first-order chi connectivity index (χ1) is 17.3. The number of imidazole rings is 1. The SMILES string of the molecule is Cc1cc(N2CCC3(CC2)Cc2ccccc2[C@H]3N)n2ccnc2c1Sc1cccnc1C(F)(F)F. The molecule has 0 bridgehead atoms. The van der Waals surface area contributed by atoms with Crippen LogP contribution in [0.1, 0.15) is 41.3 Å². The number of rotatable bonds is 3. The summed E-state index contributed by atoms with van der Waals surface area (Å²) in [5, 5.41) is 0. The fourth-order valence-electron chi connectivity index (χ4n) is 5.81. The van der Waals surface area contributed by atoms with Crippen molar-refractivity contribution in [3.8, 4) is 0 Å². The van der Waals surface area contributed by atoms with Crippen molar-refractivity contribution in [2.24, 2.45) is 11.1 Å². The van der Waals surface area contributed by atoms with E-state index in [1.165, 1.54) is 29.5 Å². The van der Waals surface area contributed by atoms with Gasteiger partial charge in [0, 0.05) is 42.6 Å². The molecule has 1 aliphatic carbocycles. The molecule has 4 heterocycles. The van der Waals surface area contributed by atoms with Crippen LogP contribution in [0.4, 0.5) is 19.0 Å². The molecule has 2 aliphatic rings. The second kappa shape index (κ2) is 8.52. The summed E-state index contributed by atoms with van der Waals surface area (Å²) < 4.78 is 42.6. The van der Waals surface area contributed by atoms with Crippen LogP contribution in [0.15, 0.2) is 70.8 Å². The maximum Gasteiger partial charge on any atom is 0.434 e. The molecule has 1 aliphatic heterocycles. The van der Waals surface area contributed by atoms with E-state index in [0.717, 1.165) is 55.5 Å². The third-order valence-corrected chi connectivity index (χ3v) is 8.98. The number of hydrogen-bond donors (Lipinski definition) is 1. The van der Waals surface area contributed by atoms with E-state index >= 15 is 0 Å². The van der Waals surface area contributed by atoms with Gasteiger partial charge >= 0.3 is 6.18 Å². The molecule has 4 aromatic rings. The van der Waals surface area contributed by atoms with Crippen molar-refractivity contribution in [2.45, 2.75) is 48.2 Å². The average Bonchev–Trinajstić information content (AvgIpc) is 3.45. The molecular weight excluding hydrogens is 483 g/mol. The Morgan fingerprint density at radius 2 is 1.83 bits per heavy atom. The number of aryl methyl sites for hydroxylation is 1. The third kappa shape index (κ3) is 3.76. The number of alkyl halides is 3. The van der Waals surface area contributed by atoms with E-state index in [4.69, 9.17) is 5.73 Å². The van der Waals surface area contributed by atoms with Crippen LogP contribution in [0.2, 0.25) is 0 Å². The van der Waals surface area contributed by atoms with Crippen molar-refractivity contribution in [3.63, 3.8) is 0 Å². The second-order valence-corrected chi connectivity index (χ2v) is 10.8. The van der Waals surface area contributed by atoms with Crippen molar-refractivity contribution >= 4 is 23.2 Å². The van der Waals surface area contributed by atoms with Gasteiger partial charge in [-0.05, 0) is 66.5 Å². The molecule has 1 atom stereocenters. The number of benzene rings is 1. The van der Waals surface area contributed by atoms with Gasteiger partial charge in [0.15, 0.2) is 11.3 Å². The number of anilines is 1. The molecule has 9 heteroatoms. The Morgan fingerprint density at radius 3 is 2.58 bits per heavy atom. The highest BCUT2D eigenvalue weighted by Crippen LogP contribution is 2.51. The highest BCUT2D eigenvalue weighted by atomic mass is 32.2. The first-order valence-corrected chi connectivity index (χ1v) is 12.8. The van der Waals surface area contributed by atoms with E-state index in [-0.39, 0.29) is 16.4 Å². The summed E-state index contributed by atoms with van der Waals surface area (Å²) >= 11 is 1.06. The van der Waals surface area contributed by atoms with Gasteiger partial charge < -0.3 is 10.6 Å². The molecule has 2 N–H and O–H groups in total. The minimum atomic E-state index is -4.52. The van der Waals surface area contributed by atoms with Crippen LogP contribution < -0.4 is 10.6 Å². The molecular formula is C27H26F3N5S. The second-order valence-electron chi connectivity index (χ2n) is 9.79. The van der Waals surface area contributed by atoms with Crippen LogP contribution in [0, 0.1) is 12.3 Å².